The molecule has 0 aliphatic rings. The highest BCUT2D eigenvalue weighted by molar-refractivity contribution is 5.09. The third-order valence-electron chi connectivity index (χ3n) is 2.62. The zero-order valence-electron chi connectivity index (χ0n) is 10.3. The number of nitrogens with zero attached hydrogens (tertiary/aromatic N) is 2. The number of hydrogen-bond donors (Lipinski definition) is 1. The molecule has 15 heavy (non-hydrogen) atoms. The van der Waals surface area contributed by atoms with Crippen LogP contribution in [0.1, 0.15) is 38.6 Å². The maximum Gasteiger partial charge on any atom is 0.0596 e. The Balaban J connectivity index is 2.62. The van der Waals surface area contributed by atoms with Crippen LogP contribution in [-0.4, -0.2) is 15.8 Å². The standard InChI is InChI=1S/C12H23N3/c1-5-15-12(8-11(4)14-15)7-9(2)6-10(3)13/h8-10H,5-7,13H2,1-4H3. The third kappa shape index (κ3) is 3.67. The van der Waals surface area contributed by atoms with Crippen LogP contribution in [0.3, 0.4) is 0 Å². The van der Waals surface area contributed by atoms with Crippen LogP contribution in [0.5, 0.6) is 0 Å². The fourth-order valence-electron chi connectivity index (χ4n) is 2.11. The van der Waals surface area contributed by atoms with Crippen molar-refractivity contribution in [2.75, 3.05) is 0 Å². The first-order valence-corrected chi connectivity index (χ1v) is 5.81. The average molecular weight is 209 g/mol. The summed E-state index contributed by atoms with van der Waals surface area (Å²) >= 11 is 0. The van der Waals surface area contributed by atoms with Crippen molar-refractivity contribution in [1.29, 1.82) is 0 Å². The predicted octanol–water partition coefficient (Wildman–Crippen LogP) is 2.13. The first kappa shape index (κ1) is 12.2. The molecule has 0 fully saturated rings. The maximum atomic E-state index is 5.80. The van der Waals surface area contributed by atoms with E-state index >= 15 is 0 Å². The summed E-state index contributed by atoms with van der Waals surface area (Å²) in [6.45, 7) is 9.46. The molecule has 3 heteroatoms. The molecule has 0 saturated heterocycles. The molecule has 0 aromatic carbocycles. The zero-order chi connectivity index (χ0) is 11.4. The Kier molecular flexibility index (Phi) is 4.33. The first-order chi connectivity index (χ1) is 7.02. The van der Waals surface area contributed by atoms with Crippen molar-refractivity contribution in [3.63, 3.8) is 0 Å². The topological polar surface area (TPSA) is 43.8 Å². The molecule has 0 saturated carbocycles. The SMILES string of the molecule is CCn1nc(C)cc1CC(C)CC(C)N. The smallest absolute Gasteiger partial charge is 0.0596 e. The van der Waals surface area contributed by atoms with E-state index in [2.05, 4.69) is 36.6 Å². The van der Waals surface area contributed by atoms with Crippen LogP contribution in [0.4, 0.5) is 0 Å². The van der Waals surface area contributed by atoms with Gasteiger partial charge in [0.2, 0.25) is 0 Å². The normalized spacial score (nSPS) is 15.3. The molecular weight excluding hydrogens is 186 g/mol. The lowest BCUT2D eigenvalue weighted by Gasteiger charge is -2.14. The van der Waals surface area contributed by atoms with Gasteiger partial charge in [0, 0.05) is 18.3 Å². The van der Waals surface area contributed by atoms with Gasteiger partial charge in [-0.25, -0.2) is 0 Å². The van der Waals surface area contributed by atoms with Gasteiger partial charge < -0.3 is 5.73 Å². The van der Waals surface area contributed by atoms with E-state index in [0.29, 0.717) is 12.0 Å². The van der Waals surface area contributed by atoms with Gasteiger partial charge in [-0.3, -0.25) is 4.68 Å². The molecule has 1 heterocycles. The van der Waals surface area contributed by atoms with E-state index in [-0.39, 0.29) is 0 Å². The van der Waals surface area contributed by atoms with E-state index in [9.17, 15) is 0 Å². The molecule has 0 radical (unpaired) electrons. The molecule has 2 atom stereocenters. The monoisotopic (exact) mass is 209 g/mol. The molecule has 1 aromatic heterocycles. The lowest BCUT2D eigenvalue weighted by molar-refractivity contribution is 0.460. The first-order valence-electron chi connectivity index (χ1n) is 5.81. The summed E-state index contributed by atoms with van der Waals surface area (Å²) in [6, 6.07) is 2.47. The zero-order valence-corrected chi connectivity index (χ0v) is 10.3. The van der Waals surface area contributed by atoms with Crippen LogP contribution in [-0.2, 0) is 13.0 Å². The van der Waals surface area contributed by atoms with Gasteiger partial charge in [0.25, 0.3) is 0 Å². The Hall–Kier alpha value is -0.830. The molecule has 0 spiro atoms. The number of aryl methyl sites for hydroxylation is 2. The second-order valence-corrected chi connectivity index (χ2v) is 4.62. The van der Waals surface area contributed by atoms with Gasteiger partial charge in [0.05, 0.1) is 5.69 Å². The Morgan fingerprint density at radius 1 is 1.47 bits per heavy atom. The summed E-state index contributed by atoms with van der Waals surface area (Å²) in [5.41, 5.74) is 8.25. The van der Waals surface area contributed by atoms with Crippen molar-refractivity contribution in [2.45, 2.75) is 53.1 Å². The molecule has 86 valence electrons. The second-order valence-electron chi connectivity index (χ2n) is 4.62. The number of hydrogen-bond acceptors (Lipinski definition) is 2. The van der Waals surface area contributed by atoms with Gasteiger partial charge in [-0.15, -0.1) is 0 Å². The second kappa shape index (κ2) is 5.31. The van der Waals surface area contributed by atoms with Crippen molar-refractivity contribution in [1.82, 2.24) is 9.78 Å². The molecule has 0 aliphatic carbocycles. The van der Waals surface area contributed by atoms with Crippen LogP contribution < -0.4 is 5.73 Å². The van der Waals surface area contributed by atoms with E-state index in [1.54, 1.807) is 0 Å². The Morgan fingerprint density at radius 2 is 2.13 bits per heavy atom. The molecule has 0 aliphatic heterocycles. The van der Waals surface area contributed by atoms with Crippen LogP contribution in [0.15, 0.2) is 6.07 Å². The van der Waals surface area contributed by atoms with E-state index in [1.807, 2.05) is 6.92 Å². The average Bonchev–Trinajstić information content (AvgIpc) is 2.44. The molecule has 1 rings (SSSR count). The molecule has 0 amide bonds. The number of nitrogens with two attached hydrogens (primary N) is 1. The van der Waals surface area contributed by atoms with E-state index < -0.39 is 0 Å². The van der Waals surface area contributed by atoms with Gasteiger partial charge in [-0.05, 0) is 45.6 Å². The van der Waals surface area contributed by atoms with Gasteiger partial charge >= 0.3 is 0 Å². The summed E-state index contributed by atoms with van der Waals surface area (Å²) in [6.07, 6.45) is 2.16. The van der Waals surface area contributed by atoms with Crippen LogP contribution in [0.25, 0.3) is 0 Å². The van der Waals surface area contributed by atoms with Crippen molar-refractivity contribution < 1.29 is 0 Å². The largest absolute Gasteiger partial charge is 0.328 e. The van der Waals surface area contributed by atoms with Crippen LogP contribution in [0.2, 0.25) is 0 Å². The Bertz CT molecular complexity index is 302. The van der Waals surface area contributed by atoms with Crippen LogP contribution >= 0.6 is 0 Å². The fourth-order valence-corrected chi connectivity index (χ4v) is 2.11. The summed E-state index contributed by atoms with van der Waals surface area (Å²) in [4.78, 5) is 0. The van der Waals surface area contributed by atoms with Gasteiger partial charge in [0.1, 0.15) is 0 Å². The minimum absolute atomic E-state index is 0.291. The maximum absolute atomic E-state index is 5.80. The highest BCUT2D eigenvalue weighted by atomic mass is 15.3. The van der Waals surface area contributed by atoms with Crippen LogP contribution in [0, 0.1) is 12.8 Å². The molecule has 2 N–H and O–H groups in total. The minimum atomic E-state index is 0.291. The van der Waals surface area contributed by atoms with Gasteiger partial charge in [-0.1, -0.05) is 6.92 Å². The molecule has 1 aromatic rings. The molecular formula is C12H23N3. The van der Waals surface area contributed by atoms with Crippen molar-refractivity contribution in [2.24, 2.45) is 11.7 Å². The van der Waals surface area contributed by atoms with E-state index in [0.717, 1.165) is 25.1 Å². The highest BCUT2D eigenvalue weighted by Crippen LogP contribution is 2.14. The number of aromatic nitrogens is 2. The Labute approximate surface area is 92.7 Å². The lowest BCUT2D eigenvalue weighted by atomic mass is 9.98. The van der Waals surface area contributed by atoms with Crippen molar-refractivity contribution >= 4 is 0 Å². The molecule has 2 unspecified atom stereocenters. The minimum Gasteiger partial charge on any atom is -0.328 e. The number of rotatable bonds is 5. The third-order valence-corrected chi connectivity index (χ3v) is 2.62. The van der Waals surface area contributed by atoms with E-state index in [4.69, 9.17) is 5.73 Å². The van der Waals surface area contributed by atoms with Crippen molar-refractivity contribution in [3.8, 4) is 0 Å². The van der Waals surface area contributed by atoms with E-state index in [1.165, 1.54) is 5.69 Å². The van der Waals surface area contributed by atoms with Gasteiger partial charge in [0.15, 0.2) is 0 Å². The Morgan fingerprint density at radius 3 is 2.67 bits per heavy atom. The lowest BCUT2D eigenvalue weighted by Crippen LogP contribution is -2.20. The van der Waals surface area contributed by atoms with Gasteiger partial charge in [-0.2, -0.15) is 5.10 Å². The summed E-state index contributed by atoms with van der Waals surface area (Å²) in [5, 5.41) is 4.45. The quantitative estimate of drug-likeness (QED) is 0.807. The molecule has 0 bridgehead atoms. The molecule has 3 nitrogen and oxygen atoms in total. The predicted molar refractivity (Wildman–Crippen MR) is 63.8 cm³/mol. The van der Waals surface area contributed by atoms with Crippen molar-refractivity contribution in [3.05, 3.63) is 17.5 Å². The fraction of sp³-hybridized carbons (Fsp3) is 0.750. The summed E-state index contributed by atoms with van der Waals surface area (Å²) in [5.74, 6) is 0.631. The summed E-state index contributed by atoms with van der Waals surface area (Å²) < 4.78 is 2.09. The highest BCUT2D eigenvalue weighted by Gasteiger charge is 2.10. The summed E-state index contributed by atoms with van der Waals surface area (Å²) in [7, 11) is 0.